The molecular weight excluding hydrogens is 833 g/mol. The maximum absolute atomic E-state index is 14.1. The highest BCUT2D eigenvalue weighted by Gasteiger charge is 2.57. The molecular formula is C48H54N8O7S. The van der Waals surface area contributed by atoms with Gasteiger partial charge in [-0.15, -0.1) is 0 Å². The fourth-order valence-corrected chi connectivity index (χ4v) is 13.0. The van der Waals surface area contributed by atoms with Crippen molar-refractivity contribution in [1.29, 1.82) is 0 Å². The molecule has 2 saturated heterocycles. The molecule has 5 aromatic rings. The molecule has 4 atom stereocenters. The molecule has 2 aromatic carbocycles. The molecule has 3 N–H and O–H groups in total. The fourth-order valence-electron chi connectivity index (χ4n) is 12.1. The Kier molecular flexibility index (Phi) is 10.1. The molecule has 3 aliphatic carbocycles. The molecule has 3 saturated carbocycles. The van der Waals surface area contributed by atoms with Crippen LogP contribution in [-0.4, -0.2) is 77.4 Å². The van der Waals surface area contributed by atoms with Crippen molar-refractivity contribution in [2.75, 3.05) is 36.5 Å². The number of hydrogen-bond acceptors (Lipinski definition) is 12. The van der Waals surface area contributed by atoms with Gasteiger partial charge in [-0.3, -0.25) is 19.8 Å². The molecule has 5 fully saturated rings. The van der Waals surface area contributed by atoms with Crippen LogP contribution in [0.25, 0.3) is 11.0 Å². The summed E-state index contributed by atoms with van der Waals surface area (Å²) < 4.78 is 42.1. The molecule has 6 heterocycles. The first-order valence-electron chi connectivity index (χ1n) is 22.9. The monoisotopic (exact) mass is 886 g/mol. The minimum absolute atomic E-state index is 0.0424. The Hall–Kier alpha value is -5.74. The highest BCUT2D eigenvalue weighted by atomic mass is 32.2. The Morgan fingerprint density at radius 1 is 1.02 bits per heavy atom. The number of amides is 1. The number of anilines is 2. The van der Waals surface area contributed by atoms with Crippen molar-refractivity contribution >= 4 is 44.0 Å². The standard InChI is InChI=1S/C48H54N8O7S/c1-28(2)33-7-3-4-8-34(33)39-11-6-18-55(39)31-24-48(25-31)15-19-54(20-16-48)30-12-13-37(41(22-30)63-32-21-29-14-17-49-45(29)50-26-32)46(57)53-64(60,61)42-23-40(56(58)59)44-47(52-42)62-27-38(51-44)43-35-9-5-10-36(35)43/h3-4,7-8,12-14,17,21-23,26,28,31,35-36,38-39,43,51H,5-6,9-11,15-16,18-20,24-25,27H2,1-2H3,(H,49,50)(H,53,57)/t35?,36?,38-,39-,43?/m1/s1. The number of carbonyl (C=O) groups is 1. The Morgan fingerprint density at radius 3 is 2.59 bits per heavy atom. The summed E-state index contributed by atoms with van der Waals surface area (Å²) in [6.45, 7) is 7.62. The SMILES string of the molecule is CC(C)c1ccccc1[C@H]1CCCN1C1CC2(CCN(c3ccc(C(=O)NS(=O)(=O)c4cc([N+](=O)[O-])c5c(n4)OC[C@H](C4C6CCCC64)N5)c(Oc4cnc5[nH]ccc5c4)c3)CC2)C1. The smallest absolute Gasteiger partial charge is 0.300 e. The summed E-state index contributed by atoms with van der Waals surface area (Å²) in [5.74, 6) is 1.36. The van der Waals surface area contributed by atoms with Crippen molar-refractivity contribution in [2.45, 2.75) is 101 Å². The Labute approximate surface area is 372 Å². The number of nitrogens with zero attached hydrogens (tertiary/aromatic N) is 5. The van der Waals surface area contributed by atoms with Gasteiger partial charge in [0.1, 0.15) is 23.8 Å². The van der Waals surface area contributed by atoms with Crippen LogP contribution in [0.5, 0.6) is 17.4 Å². The number of likely N-dealkylation sites (tertiary alicyclic amines) is 1. The molecule has 16 heteroatoms. The Morgan fingerprint density at radius 2 is 1.81 bits per heavy atom. The molecule has 334 valence electrons. The molecule has 0 bridgehead atoms. The third-order valence-electron chi connectivity index (χ3n) is 15.4. The van der Waals surface area contributed by atoms with E-state index in [0.29, 0.717) is 52.6 Å². The molecule has 64 heavy (non-hydrogen) atoms. The first-order valence-corrected chi connectivity index (χ1v) is 24.4. The number of H-pyrrole nitrogens is 1. The second kappa shape index (κ2) is 15.8. The summed E-state index contributed by atoms with van der Waals surface area (Å²) in [5.41, 5.74) is 4.31. The van der Waals surface area contributed by atoms with Gasteiger partial charge in [0.2, 0.25) is 5.88 Å². The molecule has 1 amide bonds. The predicted molar refractivity (Wildman–Crippen MR) is 241 cm³/mol. The number of carbonyl (C=O) groups excluding carboxylic acids is 1. The number of nitro groups is 1. The van der Waals surface area contributed by atoms with E-state index in [1.807, 2.05) is 12.1 Å². The zero-order valence-corrected chi connectivity index (χ0v) is 37.0. The van der Waals surface area contributed by atoms with E-state index in [1.165, 1.54) is 49.4 Å². The van der Waals surface area contributed by atoms with Crippen LogP contribution >= 0.6 is 0 Å². The number of sulfonamides is 1. The molecule has 3 aliphatic heterocycles. The van der Waals surface area contributed by atoms with Crippen LogP contribution in [0.15, 0.2) is 78.1 Å². The summed E-state index contributed by atoms with van der Waals surface area (Å²) in [4.78, 5) is 42.5. The second-order valence-electron chi connectivity index (χ2n) is 19.3. The lowest BCUT2D eigenvalue weighted by Crippen LogP contribution is -2.54. The lowest BCUT2D eigenvalue weighted by atomic mass is 9.59. The second-order valence-corrected chi connectivity index (χ2v) is 21.0. The summed E-state index contributed by atoms with van der Waals surface area (Å²) in [6, 6.07) is 19.6. The number of benzene rings is 2. The van der Waals surface area contributed by atoms with Gasteiger partial charge >= 0.3 is 5.69 Å². The van der Waals surface area contributed by atoms with Gasteiger partial charge in [0.05, 0.1) is 28.8 Å². The highest BCUT2D eigenvalue weighted by Crippen LogP contribution is 2.60. The van der Waals surface area contributed by atoms with Gasteiger partial charge in [-0.05, 0) is 122 Å². The number of nitrogens with one attached hydrogen (secondary N) is 3. The fraction of sp³-hybridized carbons (Fsp3) is 0.479. The van der Waals surface area contributed by atoms with E-state index in [2.05, 4.69) is 72.9 Å². The van der Waals surface area contributed by atoms with E-state index in [1.54, 1.807) is 24.4 Å². The van der Waals surface area contributed by atoms with Gasteiger partial charge in [0.25, 0.3) is 15.9 Å². The number of aromatic nitrogens is 3. The summed E-state index contributed by atoms with van der Waals surface area (Å²) in [6.07, 6.45) is 13.7. The molecule has 11 rings (SSSR count). The molecule has 3 aromatic heterocycles. The van der Waals surface area contributed by atoms with Crippen LogP contribution in [-0.2, 0) is 10.0 Å². The van der Waals surface area contributed by atoms with E-state index in [9.17, 15) is 23.3 Å². The van der Waals surface area contributed by atoms with Crippen molar-refractivity contribution in [3.63, 3.8) is 0 Å². The van der Waals surface area contributed by atoms with Crippen LogP contribution in [0.1, 0.15) is 105 Å². The number of rotatable bonds is 11. The summed E-state index contributed by atoms with van der Waals surface area (Å²) in [5, 5.41) is 15.7. The Bertz CT molecular complexity index is 2750. The van der Waals surface area contributed by atoms with Gasteiger partial charge in [0.15, 0.2) is 10.7 Å². The number of pyridine rings is 2. The van der Waals surface area contributed by atoms with Gasteiger partial charge < -0.3 is 24.7 Å². The van der Waals surface area contributed by atoms with Crippen molar-refractivity contribution in [3.8, 4) is 17.4 Å². The topological polar surface area (TPSA) is 185 Å². The molecule has 2 unspecified atom stereocenters. The summed E-state index contributed by atoms with van der Waals surface area (Å²) >= 11 is 0. The van der Waals surface area contributed by atoms with Crippen molar-refractivity contribution in [3.05, 3.63) is 99.9 Å². The first kappa shape index (κ1) is 41.0. The van der Waals surface area contributed by atoms with E-state index in [0.717, 1.165) is 62.5 Å². The quantitative estimate of drug-likeness (QED) is 0.0848. The van der Waals surface area contributed by atoms with Gasteiger partial charge in [-0.2, -0.15) is 13.4 Å². The van der Waals surface area contributed by atoms with Crippen molar-refractivity contribution < 1.29 is 27.6 Å². The first-order chi connectivity index (χ1) is 30.9. The Balaban J connectivity index is 0.808. The molecule has 15 nitrogen and oxygen atoms in total. The number of piperidine rings is 1. The van der Waals surface area contributed by atoms with Crippen molar-refractivity contribution in [2.24, 2.45) is 23.2 Å². The van der Waals surface area contributed by atoms with Crippen LogP contribution < -0.4 is 24.4 Å². The third-order valence-corrected chi connectivity index (χ3v) is 16.6. The third kappa shape index (κ3) is 7.31. The van der Waals surface area contributed by atoms with Gasteiger partial charge in [0, 0.05) is 48.5 Å². The number of fused-ring (bicyclic) bond motifs is 3. The predicted octanol–water partition coefficient (Wildman–Crippen LogP) is 8.71. The van der Waals surface area contributed by atoms with E-state index in [4.69, 9.17) is 9.47 Å². The normalized spacial score (nSPS) is 25.0. The minimum Gasteiger partial charge on any atom is -0.474 e. The van der Waals surface area contributed by atoms with Crippen LogP contribution in [0.3, 0.4) is 0 Å². The molecule has 1 spiro atoms. The zero-order chi connectivity index (χ0) is 43.9. The number of hydrogen-bond donors (Lipinski definition) is 3. The van der Waals surface area contributed by atoms with E-state index < -0.39 is 31.6 Å². The van der Waals surface area contributed by atoms with E-state index in [-0.39, 0.29) is 35.5 Å². The molecule has 0 radical (unpaired) electrons. The number of ether oxygens (including phenoxy) is 2. The summed E-state index contributed by atoms with van der Waals surface area (Å²) in [7, 11) is -4.72. The van der Waals surface area contributed by atoms with Gasteiger partial charge in [-0.25, -0.2) is 9.71 Å². The van der Waals surface area contributed by atoms with E-state index >= 15 is 0 Å². The molecule has 6 aliphatic rings. The minimum atomic E-state index is -4.72. The van der Waals surface area contributed by atoms with Crippen LogP contribution in [0.2, 0.25) is 0 Å². The number of aromatic amines is 1. The van der Waals surface area contributed by atoms with Crippen molar-refractivity contribution in [1.82, 2.24) is 24.6 Å². The maximum Gasteiger partial charge on any atom is 0.300 e. The average molecular weight is 887 g/mol. The largest absolute Gasteiger partial charge is 0.474 e. The lowest BCUT2D eigenvalue weighted by Gasteiger charge is -2.56. The van der Waals surface area contributed by atoms with Crippen LogP contribution in [0.4, 0.5) is 17.1 Å². The zero-order valence-electron chi connectivity index (χ0n) is 36.2. The lowest BCUT2D eigenvalue weighted by molar-refractivity contribution is -0.384. The maximum atomic E-state index is 14.1. The van der Waals surface area contributed by atoms with Gasteiger partial charge in [-0.1, -0.05) is 44.5 Å². The highest BCUT2D eigenvalue weighted by molar-refractivity contribution is 7.90. The van der Waals surface area contributed by atoms with Crippen LogP contribution in [0, 0.1) is 33.3 Å². The average Bonchev–Trinajstić information content (AvgIpc) is 3.75.